The second-order valence-corrected chi connectivity index (χ2v) is 4.88. The van der Waals surface area contributed by atoms with Gasteiger partial charge < -0.3 is 10.6 Å². The Kier molecular flexibility index (Phi) is 3.89. The van der Waals surface area contributed by atoms with Crippen molar-refractivity contribution < 1.29 is 4.92 Å². The second kappa shape index (κ2) is 5.61. The molecular formula is C15H17N3O2. The zero-order valence-electron chi connectivity index (χ0n) is 11.5. The second-order valence-electron chi connectivity index (χ2n) is 4.88. The lowest BCUT2D eigenvalue weighted by atomic mass is 10.1. The number of benzene rings is 2. The topological polar surface area (TPSA) is 72.4 Å². The molecule has 0 saturated heterocycles. The Bertz CT molecular complexity index is 641. The van der Waals surface area contributed by atoms with Crippen LogP contribution in [0.4, 0.5) is 17.1 Å². The van der Waals surface area contributed by atoms with Crippen molar-refractivity contribution in [3.63, 3.8) is 0 Å². The van der Waals surface area contributed by atoms with Crippen molar-refractivity contribution >= 4 is 17.1 Å². The number of nitrogens with two attached hydrogens (primary N) is 1. The average Bonchev–Trinajstić information content (AvgIpc) is 2.37. The Labute approximate surface area is 117 Å². The van der Waals surface area contributed by atoms with E-state index >= 15 is 0 Å². The standard InChI is InChI=1S/C15H17N3O2/c1-11-4-3-5-12(6-11)10-17(2)14-7-13(16)8-15(9-14)18(19)20/h3-9H,10,16H2,1-2H3. The minimum atomic E-state index is -0.430. The van der Waals surface area contributed by atoms with E-state index < -0.39 is 4.92 Å². The highest BCUT2D eigenvalue weighted by molar-refractivity contribution is 5.62. The molecule has 5 nitrogen and oxygen atoms in total. The molecule has 2 aromatic carbocycles. The largest absolute Gasteiger partial charge is 0.398 e. The minimum absolute atomic E-state index is 0.0103. The van der Waals surface area contributed by atoms with Crippen LogP contribution in [0.1, 0.15) is 11.1 Å². The van der Waals surface area contributed by atoms with Crippen molar-refractivity contribution in [2.45, 2.75) is 13.5 Å². The average molecular weight is 271 g/mol. The maximum Gasteiger partial charge on any atom is 0.273 e. The number of aryl methyl sites for hydroxylation is 1. The fourth-order valence-electron chi connectivity index (χ4n) is 2.12. The maximum atomic E-state index is 10.9. The van der Waals surface area contributed by atoms with Gasteiger partial charge >= 0.3 is 0 Å². The first kappa shape index (κ1) is 13.9. The summed E-state index contributed by atoms with van der Waals surface area (Å²) in [6, 6.07) is 12.8. The summed E-state index contributed by atoms with van der Waals surface area (Å²) in [4.78, 5) is 12.4. The lowest BCUT2D eigenvalue weighted by Crippen LogP contribution is -2.16. The first-order valence-electron chi connectivity index (χ1n) is 6.27. The van der Waals surface area contributed by atoms with Crippen molar-refractivity contribution in [3.05, 3.63) is 63.7 Å². The van der Waals surface area contributed by atoms with Gasteiger partial charge in [-0.2, -0.15) is 0 Å². The molecule has 2 aromatic rings. The van der Waals surface area contributed by atoms with E-state index in [4.69, 9.17) is 5.73 Å². The highest BCUT2D eigenvalue weighted by Crippen LogP contribution is 2.25. The molecule has 0 spiro atoms. The third kappa shape index (κ3) is 3.26. The molecule has 0 saturated carbocycles. The summed E-state index contributed by atoms with van der Waals surface area (Å²) < 4.78 is 0. The van der Waals surface area contributed by atoms with E-state index in [1.807, 2.05) is 37.1 Å². The molecule has 0 aromatic heterocycles. The summed E-state index contributed by atoms with van der Waals surface area (Å²) in [5.74, 6) is 0. The number of non-ortho nitro benzene ring substituents is 1. The number of nitro groups is 1. The molecule has 20 heavy (non-hydrogen) atoms. The Morgan fingerprint density at radius 1 is 1.25 bits per heavy atom. The van der Waals surface area contributed by atoms with Crippen LogP contribution < -0.4 is 10.6 Å². The van der Waals surface area contributed by atoms with Gasteiger partial charge in [0.25, 0.3) is 5.69 Å². The first-order chi connectivity index (χ1) is 9.45. The molecule has 0 aliphatic rings. The van der Waals surface area contributed by atoms with E-state index in [0.717, 1.165) is 11.3 Å². The monoisotopic (exact) mass is 271 g/mol. The van der Waals surface area contributed by atoms with Gasteiger partial charge in [-0.1, -0.05) is 29.8 Å². The fraction of sp³-hybridized carbons (Fsp3) is 0.200. The lowest BCUT2D eigenvalue weighted by Gasteiger charge is -2.20. The van der Waals surface area contributed by atoms with Gasteiger partial charge in [-0.15, -0.1) is 0 Å². The molecule has 0 aliphatic carbocycles. The number of nitro benzene ring substituents is 1. The molecule has 0 unspecified atom stereocenters. The number of anilines is 2. The molecule has 0 fully saturated rings. The molecule has 5 heteroatoms. The van der Waals surface area contributed by atoms with Crippen molar-refractivity contribution in [2.24, 2.45) is 0 Å². The van der Waals surface area contributed by atoms with Gasteiger partial charge in [0, 0.05) is 37.1 Å². The smallest absolute Gasteiger partial charge is 0.273 e. The van der Waals surface area contributed by atoms with Crippen molar-refractivity contribution in [1.82, 2.24) is 0 Å². The summed E-state index contributed by atoms with van der Waals surface area (Å²) in [5, 5.41) is 10.9. The normalized spacial score (nSPS) is 10.3. The molecule has 104 valence electrons. The number of hydrogen-bond donors (Lipinski definition) is 1. The molecule has 0 heterocycles. The van der Waals surface area contributed by atoms with Gasteiger partial charge in [-0.25, -0.2) is 0 Å². The first-order valence-corrected chi connectivity index (χ1v) is 6.27. The van der Waals surface area contributed by atoms with Crippen molar-refractivity contribution in [1.29, 1.82) is 0 Å². The fourth-order valence-corrected chi connectivity index (χ4v) is 2.12. The van der Waals surface area contributed by atoms with Crippen LogP contribution in [0.5, 0.6) is 0 Å². The Hall–Kier alpha value is -2.56. The van der Waals surface area contributed by atoms with E-state index in [0.29, 0.717) is 12.2 Å². The predicted octanol–water partition coefficient (Wildman–Crippen LogP) is 3.12. The Balaban J connectivity index is 2.25. The zero-order valence-corrected chi connectivity index (χ0v) is 11.5. The predicted molar refractivity (Wildman–Crippen MR) is 80.8 cm³/mol. The number of hydrogen-bond acceptors (Lipinski definition) is 4. The zero-order chi connectivity index (χ0) is 14.7. The number of nitrogen functional groups attached to an aromatic ring is 1. The summed E-state index contributed by atoms with van der Waals surface area (Å²) >= 11 is 0. The summed E-state index contributed by atoms with van der Waals surface area (Å²) in [5.41, 5.74) is 9.20. The third-order valence-electron chi connectivity index (χ3n) is 3.08. The lowest BCUT2D eigenvalue weighted by molar-refractivity contribution is -0.384. The molecule has 0 atom stereocenters. The molecule has 0 amide bonds. The molecule has 0 aliphatic heterocycles. The van der Waals surface area contributed by atoms with E-state index in [1.165, 1.54) is 17.7 Å². The molecule has 2 rings (SSSR count). The van der Waals surface area contributed by atoms with E-state index in [-0.39, 0.29) is 5.69 Å². The van der Waals surface area contributed by atoms with Crippen LogP contribution in [-0.4, -0.2) is 12.0 Å². The summed E-state index contributed by atoms with van der Waals surface area (Å²) in [6.45, 7) is 2.71. The Morgan fingerprint density at radius 3 is 2.65 bits per heavy atom. The third-order valence-corrected chi connectivity index (χ3v) is 3.08. The molecule has 0 radical (unpaired) electrons. The number of rotatable bonds is 4. The van der Waals surface area contributed by atoms with Gasteiger partial charge in [-0.3, -0.25) is 10.1 Å². The molecule has 0 bridgehead atoms. The summed E-state index contributed by atoms with van der Waals surface area (Å²) in [6.07, 6.45) is 0. The van der Waals surface area contributed by atoms with Gasteiger partial charge in [0.05, 0.1) is 4.92 Å². The van der Waals surface area contributed by atoms with Gasteiger partial charge in [0.15, 0.2) is 0 Å². The van der Waals surface area contributed by atoms with Crippen LogP contribution in [0.25, 0.3) is 0 Å². The maximum absolute atomic E-state index is 10.9. The van der Waals surface area contributed by atoms with Gasteiger partial charge in [-0.05, 0) is 18.6 Å². The van der Waals surface area contributed by atoms with Crippen molar-refractivity contribution in [2.75, 3.05) is 17.7 Å². The SMILES string of the molecule is Cc1cccc(CN(C)c2cc(N)cc([N+](=O)[O-])c2)c1. The summed E-state index contributed by atoms with van der Waals surface area (Å²) in [7, 11) is 1.89. The highest BCUT2D eigenvalue weighted by Gasteiger charge is 2.11. The van der Waals surface area contributed by atoms with E-state index in [2.05, 4.69) is 6.07 Å². The van der Waals surface area contributed by atoms with Crippen LogP contribution in [0, 0.1) is 17.0 Å². The van der Waals surface area contributed by atoms with Crippen LogP contribution in [0.15, 0.2) is 42.5 Å². The highest BCUT2D eigenvalue weighted by atomic mass is 16.6. The van der Waals surface area contributed by atoms with Crippen LogP contribution >= 0.6 is 0 Å². The van der Waals surface area contributed by atoms with Crippen LogP contribution in [-0.2, 0) is 6.54 Å². The van der Waals surface area contributed by atoms with Crippen LogP contribution in [0.2, 0.25) is 0 Å². The van der Waals surface area contributed by atoms with Gasteiger partial charge in [0.1, 0.15) is 0 Å². The minimum Gasteiger partial charge on any atom is -0.398 e. The number of nitrogens with zero attached hydrogens (tertiary/aromatic N) is 2. The molecular weight excluding hydrogens is 254 g/mol. The van der Waals surface area contributed by atoms with Gasteiger partial charge in [0.2, 0.25) is 0 Å². The Morgan fingerprint density at radius 2 is 2.00 bits per heavy atom. The van der Waals surface area contributed by atoms with E-state index in [1.54, 1.807) is 6.07 Å². The van der Waals surface area contributed by atoms with Crippen molar-refractivity contribution in [3.8, 4) is 0 Å². The van der Waals surface area contributed by atoms with Crippen LogP contribution in [0.3, 0.4) is 0 Å². The van der Waals surface area contributed by atoms with E-state index in [9.17, 15) is 10.1 Å². The molecule has 2 N–H and O–H groups in total. The quantitative estimate of drug-likeness (QED) is 0.527.